The van der Waals surface area contributed by atoms with Crippen LogP contribution in [0.1, 0.15) is 12.5 Å². The number of benzene rings is 1. The number of amides is 1. The lowest BCUT2D eigenvalue weighted by atomic mass is 10.1. The number of nitrogens with one attached hydrogen (secondary N) is 2. The van der Waals surface area contributed by atoms with Crippen LogP contribution < -0.4 is 16.4 Å². The van der Waals surface area contributed by atoms with Crippen molar-refractivity contribution in [3.8, 4) is 22.6 Å². The molecule has 0 saturated carbocycles. The Kier molecular flexibility index (Phi) is 4.44. The Hall–Kier alpha value is -3.72. The van der Waals surface area contributed by atoms with E-state index in [0.717, 1.165) is 16.6 Å². The number of para-hydroxylation sites is 2. The fourth-order valence-corrected chi connectivity index (χ4v) is 3.77. The van der Waals surface area contributed by atoms with Crippen molar-refractivity contribution < 1.29 is 9.21 Å². The largest absolute Gasteiger partial charge is 0.436 e. The Morgan fingerprint density at radius 3 is 3.00 bits per heavy atom. The fourth-order valence-electron chi connectivity index (χ4n) is 3.77. The summed E-state index contributed by atoms with van der Waals surface area (Å²) in [5.74, 6) is 0.783. The molecular weight excluding hydrogens is 382 g/mol. The lowest BCUT2D eigenvalue weighted by Gasteiger charge is -2.09. The van der Waals surface area contributed by atoms with Crippen LogP contribution in [0.25, 0.3) is 33.7 Å². The van der Waals surface area contributed by atoms with Crippen molar-refractivity contribution in [1.29, 1.82) is 0 Å². The third-order valence-electron chi connectivity index (χ3n) is 5.42. The van der Waals surface area contributed by atoms with Gasteiger partial charge in [0.2, 0.25) is 11.8 Å². The van der Waals surface area contributed by atoms with E-state index in [1.54, 1.807) is 19.4 Å². The van der Waals surface area contributed by atoms with Gasteiger partial charge in [0.15, 0.2) is 5.58 Å². The highest BCUT2D eigenvalue weighted by molar-refractivity contribution is 5.82. The molecule has 4 aromatic rings. The smallest absolute Gasteiger partial charge is 0.236 e. The Morgan fingerprint density at radius 1 is 1.30 bits per heavy atom. The van der Waals surface area contributed by atoms with Crippen LogP contribution in [0.5, 0.6) is 0 Å². The molecule has 0 bridgehead atoms. The number of hydrogen-bond donors (Lipinski definition) is 3. The van der Waals surface area contributed by atoms with Crippen LogP contribution in [-0.4, -0.2) is 45.3 Å². The number of carbonyl (C=O) groups is 1. The average molecular weight is 403 g/mol. The minimum absolute atomic E-state index is 0.00408. The summed E-state index contributed by atoms with van der Waals surface area (Å²) in [5, 5.41) is 10.4. The van der Waals surface area contributed by atoms with E-state index in [4.69, 9.17) is 10.2 Å². The van der Waals surface area contributed by atoms with Gasteiger partial charge in [-0.25, -0.2) is 9.97 Å². The number of anilines is 1. The van der Waals surface area contributed by atoms with Gasteiger partial charge in [0.05, 0.1) is 23.8 Å². The molecule has 4 N–H and O–H groups in total. The van der Waals surface area contributed by atoms with Gasteiger partial charge in [0.1, 0.15) is 11.3 Å². The van der Waals surface area contributed by atoms with Crippen LogP contribution in [-0.2, 0) is 4.79 Å². The molecule has 1 aromatic carbocycles. The SMILES string of the molecule is CNC(=O)C1CC(n2cc(-c3cnc(N)c(-c4nc5ccccc5o4)c3)cn2)CN1. The molecule has 1 aliphatic heterocycles. The van der Waals surface area contributed by atoms with Crippen LogP contribution in [0.4, 0.5) is 5.82 Å². The predicted molar refractivity (Wildman–Crippen MR) is 112 cm³/mol. The van der Waals surface area contributed by atoms with Gasteiger partial charge < -0.3 is 20.8 Å². The first kappa shape index (κ1) is 18.3. The summed E-state index contributed by atoms with van der Waals surface area (Å²) < 4.78 is 7.75. The molecule has 0 radical (unpaired) electrons. The van der Waals surface area contributed by atoms with E-state index in [2.05, 4.69) is 25.7 Å². The van der Waals surface area contributed by atoms with Gasteiger partial charge in [-0.15, -0.1) is 0 Å². The first-order chi connectivity index (χ1) is 14.6. The normalized spacial score (nSPS) is 18.7. The van der Waals surface area contributed by atoms with Gasteiger partial charge in [-0.3, -0.25) is 9.48 Å². The van der Waals surface area contributed by atoms with E-state index in [1.807, 2.05) is 41.2 Å². The van der Waals surface area contributed by atoms with Crippen molar-refractivity contribution in [1.82, 2.24) is 30.4 Å². The molecule has 30 heavy (non-hydrogen) atoms. The predicted octanol–water partition coefficient (Wildman–Crippen LogP) is 1.98. The zero-order valence-corrected chi connectivity index (χ0v) is 16.4. The Bertz CT molecular complexity index is 1200. The van der Waals surface area contributed by atoms with Crippen molar-refractivity contribution in [3.63, 3.8) is 0 Å². The van der Waals surface area contributed by atoms with Crippen LogP contribution in [0, 0.1) is 0 Å². The summed E-state index contributed by atoms with van der Waals surface area (Å²) in [6.07, 6.45) is 6.15. The summed E-state index contributed by atoms with van der Waals surface area (Å²) in [7, 11) is 1.64. The van der Waals surface area contributed by atoms with E-state index < -0.39 is 0 Å². The molecule has 1 aliphatic rings. The van der Waals surface area contributed by atoms with Crippen LogP contribution in [0.15, 0.2) is 53.3 Å². The molecule has 1 amide bonds. The van der Waals surface area contributed by atoms with Crippen LogP contribution >= 0.6 is 0 Å². The first-order valence-corrected chi connectivity index (χ1v) is 9.73. The summed E-state index contributed by atoms with van der Waals surface area (Å²) in [4.78, 5) is 20.7. The highest BCUT2D eigenvalue weighted by atomic mass is 16.3. The number of aromatic nitrogens is 4. The van der Waals surface area contributed by atoms with E-state index in [0.29, 0.717) is 35.8 Å². The molecule has 2 unspecified atom stereocenters. The molecule has 1 fully saturated rings. The van der Waals surface area contributed by atoms with Crippen LogP contribution in [0.2, 0.25) is 0 Å². The standard InChI is InChI=1S/C21H21N7O2/c1-23-20(29)17-7-14(10-24-17)28-11-13(9-26-28)12-6-15(19(22)25-8-12)21-27-16-4-2-3-5-18(16)30-21/h2-6,8-9,11,14,17,24H,7,10H2,1H3,(H2,22,25)(H,23,29). The Labute approximate surface area is 172 Å². The van der Waals surface area contributed by atoms with Crippen molar-refractivity contribution >= 4 is 22.8 Å². The Balaban J connectivity index is 1.43. The van der Waals surface area contributed by atoms with Gasteiger partial charge in [-0.1, -0.05) is 12.1 Å². The quantitative estimate of drug-likeness (QED) is 0.476. The average Bonchev–Trinajstić information content (AvgIpc) is 3.52. The van der Waals surface area contributed by atoms with Gasteiger partial charge in [0, 0.05) is 37.1 Å². The van der Waals surface area contributed by atoms with Gasteiger partial charge >= 0.3 is 0 Å². The molecule has 2 atom stereocenters. The lowest BCUT2D eigenvalue weighted by molar-refractivity contribution is -0.122. The first-order valence-electron chi connectivity index (χ1n) is 9.73. The number of pyridine rings is 1. The number of likely N-dealkylation sites (N-methyl/N-ethyl adjacent to an activating group) is 1. The van der Waals surface area contributed by atoms with Crippen LogP contribution in [0.3, 0.4) is 0 Å². The molecule has 4 heterocycles. The van der Waals surface area contributed by atoms with E-state index >= 15 is 0 Å². The van der Waals surface area contributed by atoms with Gasteiger partial charge in [0.25, 0.3) is 0 Å². The third-order valence-corrected chi connectivity index (χ3v) is 5.42. The minimum Gasteiger partial charge on any atom is -0.436 e. The molecule has 0 spiro atoms. The van der Waals surface area contributed by atoms with Crippen molar-refractivity contribution in [2.24, 2.45) is 0 Å². The minimum atomic E-state index is -0.198. The maximum Gasteiger partial charge on any atom is 0.236 e. The van der Waals surface area contributed by atoms with Crippen molar-refractivity contribution in [2.45, 2.75) is 18.5 Å². The number of rotatable bonds is 4. The monoisotopic (exact) mass is 403 g/mol. The molecule has 152 valence electrons. The number of nitrogen functional groups attached to an aromatic ring is 1. The highest BCUT2D eigenvalue weighted by Gasteiger charge is 2.30. The second-order valence-corrected chi connectivity index (χ2v) is 7.32. The van der Waals surface area contributed by atoms with E-state index in [9.17, 15) is 4.79 Å². The molecule has 0 aliphatic carbocycles. The number of nitrogens with two attached hydrogens (primary N) is 1. The summed E-state index contributed by atoms with van der Waals surface area (Å²) in [6.45, 7) is 0.688. The summed E-state index contributed by atoms with van der Waals surface area (Å²) in [6, 6.07) is 9.39. The fraction of sp³-hybridized carbons (Fsp3) is 0.238. The third kappa shape index (κ3) is 3.18. The topological polar surface area (TPSA) is 124 Å². The zero-order chi connectivity index (χ0) is 20.7. The molecule has 9 heteroatoms. The van der Waals surface area contributed by atoms with E-state index in [-0.39, 0.29) is 18.0 Å². The molecule has 3 aromatic heterocycles. The number of fused-ring (bicyclic) bond motifs is 1. The lowest BCUT2D eigenvalue weighted by Crippen LogP contribution is -2.38. The highest BCUT2D eigenvalue weighted by Crippen LogP contribution is 2.31. The number of nitrogens with zero attached hydrogens (tertiary/aromatic N) is 4. The summed E-state index contributed by atoms with van der Waals surface area (Å²) >= 11 is 0. The molecule has 5 rings (SSSR count). The number of carbonyl (C=O) groups excluding carboxylic acids is 1. The second kappa shape index (κ2) is 7.27. The molecule has 1 saturated heterocycles. The second-order valence-electron chi connectivity index (χ2n) is 7.32. The number of hydrogen-bond acceptors (Lipinski definition) is 7. The molecule has 9 nitrogen and oxygen atoms in total. The Morgan fingerprint density at radius 2 is 2.17 bits per heavy atom. The summed E-state index contributed by atoms with van der Waals surface area (Å²) in [5.41, 5.74) is 9.98. The maximum absolute atomic E-state index is 11.8. The van der Waals surface area contributed by atoms with E-state index in [1.165, 1.54) is 0 Å². The van der Waals surface area contributed by atoms with Gasteiger partial charge in [-0.05, 0) is 24.6 Å². The molecular formula is C21H21N7O2. The maximum atomic E-state index is 11.8. The van der Waals surface area contributed by atoms with Gasteiger partial charge in [-0.2, -0.15) is 5.10 Å². The zero-order valence-electron chi connectivity index (χ0n) is 16.4. The van der Waals surface area contributed by atoms with Crippen molar-refractivity contribution in [2.75, 3.05) is 19.3 Å². The number of oxazole rings is 1. The van der Waals surface area contributed by atoms with Crippen molar-refractivity contribution in [3.05, 3.63) is 48.9 Å².